The Morgan fingerprint density at radius 2 is 2.00 bits per heavy atom. The molecule has 0 bridgehead atoms. The molecule has 1 amide bonds. The molecule has 1 N–H and O–H groups in total. The van der Waals surface area contributed by atoms with Crippen LogP contribution in [0.25, 0.3) is 0 Å². The summed E-state index contributed by atoms with van der Waals surface area (Å²) in [7, 11) is 0. The highest BCUT2D eigenvalue weighted by atomic mass is 35.5. The number of halogens is 1. The quantitative estimate of drug-likeness (QED) is 0.451. The second kappa shape index (κ2) is 8.75. The lowest BCUT2D eigenvalue weighted by molar-refractivity contribution is 0.0455. The first-order valence-corrected chi connectivity index (χ1v) is 9.24. The minimum Gasteiger partial charge on any atom is -0.488 e. The molecular formula is C19H16ClNO5S. The van der Waals surface area contributed by atoms with Gasteiger partial charge in [-0.05, 0) is 42.8 Å². The minimum atomic E-state index is -0.473. The third-order valence-corrected chi connectivity index (χ3v) is 4.94. The molecule has 2 heterocycles. The van der Waals surface area contributed by atoms with E-state index < -0.39 is 5.97 Å². The van der Waals surface area contributed by atoms with E-state index in [0.717, 1.165) is 11.3 Å². The summed E-state index contributed by atoms with van der Waals surface area (Å²) < 4.78 is 15.8. The fourth-order valence-corrected chi connectivity index (χ4v) is 3.39. The van der Waals surface area contributed by atoms with Crippen LogP contribution in [0, 0.1) is 6.92 Å². The maximum atomic E-state index is 12.2. The number of nitrogens with one attached hydrogen (secondary N) is 1. The van der Waals surface area contributed by atoms with Crippen LogP contribution < -0.4 is 10.1 Å². The Balaban J connectivity index is 1.52. The molecule has 0 saturated heterocycles. The summed E-state index contributed by atoms with van der Waals surface area (Å²) in [4.78, 5) is 24.7. The molecule has 0 radical (unpaired) electrons. The van der Waals surface area contributed by atoms with Crippen molar-refractivity contribution in [3.63, 3.8) is 0 Å². The molecule has 8 heteroatoms. The third-order valence-electron chi connectivity index (χ3n) is 3.50. The molecule has 3 aromatic rings. The molecule has 27 heavy (non-hydrogen) atoms. The number of carbonyl (C=O) groups excluding carboxylic acids is 2. The SMILES string of the molecule is Cc1cc(NC(=O)c2ccco2)sc1C(=O)OCCOc1ccccc1Cl. The number of ether oxygens (including phenoxy) is 2. The number of benzene rings is 1. The first-order valence-electron chi connectivity index (χ1n) is 8.04. The molecule has 0 spiro atoms. The Hall–Kier alpha value is -2.77. The van der Waals surface area contributed by atoms with E-state index in [1.165, 1.54) is 6.26 Å². The molecule has 0 unspecified atom stereocenters. The van der Waals surface area contributed by atoms with Crippen molar-refractivity contribution in [1.29, 1.82) is 0 Å². The first-order chi connectivity index (χ1) is 13.0. The van der Waals surface area contributed by atoms with Gasteiger partial charge in [0.15, 0.2) is 5.76 Å². The molecule has 0 fully saturated rings. The summed E-state index contributed by atoms with van der Waals surface area (Å²) in [6.45, 7) is 2.04. The van der Waals surface area contributed by atoms with Gasteiger partial charge in [-0.2, -0.15) is 0 Å². The second-order valence-electron chi connectivity index (χ2n) is 5.47. The van der Waals surface area contributed by atoms with Crippen molar-refractivity contribution in [2.45, 2.75) is 6.92 Å². The number of hydrogen-bond acceptors (Lipinski definition) is 6. The molecule has 0 aliphatic rings. The predicted octanol–water partition coefficient (Wildman–Crippen LogP) is 4.79. The van der Waals surface area contributed by atoms with Crippen LogP contribution in [0.2, 0.25) is 5.02 Å². The monoisotopic (exact) mass is 405 g/mol. The lowest BCUT2D eigenvalue weighted by atomic mass is 10.3. The average Bonchev–Trinajstić information content (AvgIpc) is 3.30. The van der Waals surface area contributed by atoms with E-state index in [2.05, 4.69) is 5.32 Å². The van der Waals surface area contributed by atoms with Crippen molar-refractivity contribution in [3.8, 4) is 5.75 Å². The number of aryl methyl sites for hydroxylation is 1. The highest BCUT2D eigenvalue weighted by Gasteiger charge is 2.17. The van der Waals surface area contributed by atoms with E-state index in [1.54, 1.807) is 49.4 Å². The smallest absolute Gasteiger partial charge is 0.348 e. The Bertz CT molecular complexity index is 935. The van der Waals surface area contributed by atoms with Gasteiger partial charge in [-0.15, -0.1) is 11.3 Å². The molecule has 0 aliphatic carbocycles. The van der Waals surface area contributed by atoms with Crippen molar-refractivity contribution in [1.82, 2.24) is 0 Å². The predicted molar refractivity (Wildman–Crippen MR) is 103 cm³/mol. The summed E-state index contributed by atoms with van der Waals surface area (Å²) in [5.74, 6) is -0.125. The van der Waals surface area contributed by atoms with Crippen LogP contribution in [0.1, 0.15) is 25.8 Å². The van der Waals surface area contributed by atoms with Gasteiger partial charge < -0.3 is 19.2 Å². The molecule has 2 aromatic heterocycles. The van der Waals surface area contributed by atoms with E-state index in [1.807, 2.05) is 0 Å². The maximum absolute atomic E-state index is 12.2. The number of thiophene rings is 1. The number of rotatable bonds is 7. The molecule has 0 atom stereocenters. The number of furan rings is 1. The van der Waals surface area contributed by atoms with Gasteiger partial charge in [0, 0.05) is 0 Å². The Morgan fingerprint density at radius 1 is 1.19 bits per heavy atom. The fourth-order valence-electron chi connectivity index (χ4n) is 2.24. The topological polar surface area (TPSA) is 77.8 Å². The number of para-hydroxylation sites is 1. The Labute approximate surface area is 164 Å². The summed E-state index contributed by atoms with van der Waals surface area (Å²) in [5.41, 5.74) is 0.715. The van der Waals surface area contributed by atoms with Crippen molar-refractivity contribution in [2.24, 2.45) is 0 Å². The summed E-state index contributed by atoms with van der Waals surface area (Å²) in [6, 6.07) is 12.0. The van der Waals surface area contributed by atoms with Gasteiger partial charge in [0.2, 0.25) is 0 Å². The number of anilines is 1. The van der Waals surface area contributed by atoms with E-state index in [9.17, 15) is 9.59 Å². The number of carbonyl (C=O) groups is 2. The van der Waals surface area contributed by atoms with Gasteiger partial charge in [-0.3, -0.25) is 4.79 Å². The largest absolute Gasteiger partial charge is 0.488 e. The Kier molecular flexibility index (Phi) is 6.16. The molecule has 1 aromatic carbocycles. The zero-order valence-electron chi connectivity index (χ0n) is 14.4. The molecule has 0 aliphatic heterocycles. The lowest BCUT2D eigenvalue weighted by Gasteiger charge is -2.08. The number of esters is 1. The number of amides is 1. The Morgan fingerprint density at radius 3 is 2.74 bits per heavy atom. The molecule has 140 valence electrons. The maximum Gasteiger partial charge on any atom is 0.348 e. The van der Waals surface area contributed by atoms with E-state index in [-0.39, 0.29) is 24.9 Å². The van der Waals surface area contributed by atoms with Crippen molar-refractivity contribution < 1.29 is 23.5 Å². The zero-order chi connectivity index (χ0) is 19.2. The van der Waals surface area contributed by atoms with Crippen molar-refractivity contribution >= 4 is 39.8 Å². The van der Waals surface area contributed by atoms with Crippen LogP contribution in [-0.4, -0.2) is 25.1 Å². The highest BCUT2D eigenvalue weighted by Crippen LogP contribution is 2.28. The summed E-state index contributed by atoms with van der Waals surface area (Å²) >= 11 is 7.13. The number of hydrogen-bond donors (Lipinski definition) is 1. The van der Waals surface area contributed by atoms with Gasteiger partial charge in [-0.25, -0.2) is 4.79 Å². The van der Waals surface area contributed by atoms with Gasteiger partial charge >= 0.3 is 5.97 Å². The highest BCUT2D eigenvalue weighted by molar-refractivity contribution is 7.18. The van der Waals surface area contributed by atoms with Crippen molar-refractivity contribution in [2.75, 3.05) is 18.5 Å². The average molecular weight is 406 g/mol. The molecular weight excluding hydrogens is 390 g/mol. The van der Waals surface area contributed by atoms with Gasteiger partial charge in [0.1, 0.15) is 23.8 Å². The second-order valence-corrected chi connectivity index (χ2v) is 6.93. The van der Waals surface area contributed by atoms with Gasteiger partial charge in [0.05, 0.1) is 16.3 Å². The zero-order valence-corrected chi connectivity index (χ0v) is 15.9. The molecule has 0 saturated carbocycles. The molecule has 3 rings (SSSR count). The summed E-state index contributed by atoms with van der Waals surface area (Å²) in [5, 5.41) is 3.72. The van der Waals surface area contributed by atoms with Crippen LogP contribution in [0.3, 0.4) is 0 Å². The van der Waals surface area contributed by atoms with Crippen LogP contribution in [0.15, 0.2) is 53.1 Å². The van der Waals surface area contributed by atoms with Crippen LogP contribution in [-0.2, 0) is 4.74 Å². The van der Waals surface area contributed by atoms with Crippen LogP contribution in [0.5, 0.6) is 5.75 Å². The van der Waals surface area contributed by atoms with E-state index >= 15 is 0 Å². The van der Waals surface area contributed by atoms with E-state index in [0.29, 0.717) is 26.2 Å². The molecule has 6 nitrogen and oxygen atoms in total. The van der Waals surface area contributed by atoms with Gasteiger partial charge in [-0.1, -0.05) is 23.7 Å². The lowest BCUT2D eigenvalue weighted by Crippen LogP contribution is -2.12. The minimum absolute atomic E-state index is 0.0789. The summed E-state index contributed by atoms with van der Waals surface area (Å²) in [6.07, 6.45) is 1.42. The van der Waals surface area contributed by atoms with Crippen molar-refractivity contribution in [3.05, 3.63) is 70.0 Å². The fraction of sp³-hybridized carbons (Fsp3) is 0.158. The standard InChI is InChI=1S/C19H16ClNO5S/c1-12-11-16(21-18(22)15-7-4-8-24-15)27-17(12)19(23)26-10-9-25-14-6-3-2-5-13(14)20/h2-8,11H,9-10H2,1H3,(H,21,22). The third kappa shape index (κ3) is 4.90. The van der Waals surface area contributed by atoms with E-state index in [4.69, 9.17) is 25.5 Å². The first kappa shape index (κ1) is 19.0. The van der Waals surface area contributed by atoms with Gasteiger partial charge in [0.25, 0.3) is 5.91 Å². The van der Waals surface area contributed by atoms with Crippen LogP contribution in [0.4, 0.5) is 5.00 Å². The van der Waals surface area contributed by atoms with Crippen LogP contribution >= 0.6 is 22.9 Å². The normalized spacial score (nSPS) is 10.4.